The zero-order chi connectivity index (χ0) is 18.6. The van der Waals surface area contributed by atoms with Gasteiger partial charge in [-0.15, -0.1) is 0 Å². The first-order valence-corrected chi connectivity index (χ1v) is 9.20. The predicted molar refractivity (Wildman–Crippen MR) is 105 cm³/mol. The molecule has 0 fully saturated rings. The first-order valence-electron chi connectivity index (χ1n) is 9.20. The first kappa shape index (κ1) is 17.2. The van der Waals surface area contributed by atoms with Gasteiger partial charge in [0.2, 0.25) is 0 Å². The molecular formula is C22H22N4O. The summed E-state index contributed by atoms with van der Waals surface area (Å²) in [6.45, 7) is 3.41. The highest BCUT2D eigenvalue weighted by Crippen LogP contribution is 2.20. The average Bonchev–Trinajstić information content (AvgIpc) is 2.74. The number of nitrogens with zero attached hydrogens (tertiary/aromatic N) is 3. The van der Waals surface area contributed by atoms with Gasteiger partial charge in [0.05, 0.1) is 12.4 Å². The van der Waals surface area contributed by atoms with Crippen molar-refractivity contribution < 1.29 is 4.79 Å². The largest absolute Gasteiger partial charge is 0.362 e. The van der Waals surface area contributed by atoms with Crippen LogP contribution in [-0.2, 0) is 13.0 Å². The average molecular weight is 358 g/mol. The Bertz CT molecular complexity index is 925. The Morgan fingerprint density at radius 2 is 1.74 bits per heavy atom. The number of hydrogen-bond acceptors (Lipinski definition) is 4. The van der Waals surface area contributed by atoms with Crippen LogP contribution in [0.5, 0.6) is 0 Å². The van der Waals surface area contributed by atoms with Crippen LogP contribution in [0, 0.1) is 0 Å². The van der Waals surface area contributed by atoms with Crippen LogP contribution >= 0.6 is 0 Å². The molecule has 0 saturated heterocycles. The molecule has 1 aliphatic heterocycles. The minimum absolute atomic E-state index is 0.0698. The van der Waals surface area contributed by atoms with Gasteiger partial charge in [-0.1, -0.05) is 54.6 Å². The van der Waals surface area contributed by atoms with Crippen molar-refractivity contribution in [3.63, 3.8) is 0 Å². The Hall–Kier alpha value is -3.21. The van der Waals surface area contributed by atoms with Gasteiger partial charge in [-0.3, -0.25) is 4.79 Å². The monoisotopic (exact) mass is 358 g/mol. The van der Waals surface area contributed by atoms with Crippen molar-refractivity contribution in [2.45, 2.75) is 25.9 Å². The lowest BCUT2D eigenvalue weighted by molar-refractivity contribution is 0.0728. The molecule has 1 unspecified atom stereocenters. The molecule has 1 N–H and O–H groups in total. The summed E-state index contributed by atoms with van der Waals surface area (Å²) in [7, 11) is 0. The van der Waals surface area contributed by atoms with Crippen LogP contribution in [0.4, 0.5) is 5.82 Å². The number of aromatic nitrogens is 2. The molecule has 0 radical (unpaired) electrons. The molecule has 136 valence electrons. The molecule has 5 nitrogen and oxygen atoms in total. The number of fused-ring (bicyclic) bond motifs is 1. The summed E-state index contributed by atoms with van der Waals surface area (Å²) in [6.07, 6.45) is 4.07. The van der Waals surface area contributed by atoms with Crippen molar-refractivity contribution in [3.8, 4) is 0 Å². The first-order chi connectivity index (χ1) is 13.2. The number of rotatable bonds is 4. The molecule has 1 amide bonds. The maximum absolute atomic E-state index is 12.8. The van der Waals surface area contributed by atoms with Crippen LogP contribution in [0.2, 0.25) is 0 Å². The van der Waals surface area contributed by atoms with Crippen LogP contribution in [0.3, 0.4) is 0 Å². The second kappa shape index (κ2) is 7.58. The fourth-order valence-electron chi connectivity index (χ4n) is 3.39. The van der Waals surface area contributed by atoms with Crippen LogP contribution in [-0.4, -0.2) is 27.3 Å². The highest BCUT2D eigenvalue weighted by Gasteiger charge is 2.22. The van der Waals surface area contributed by atoms with Gasteiger partial charge in [0, 0.05) is 19.1 Å². The summed E-state index contributed by atoms with van der Waals surface area (Å²) in [5.74, 6) is 0.589. The van der Waals surface area contributed by atoms with E-state index in [1.807, 2.05) is 35.2 Å². The van der Waals surface area contributed by atoms with Crippen molar-refractivity contribution in [2.24, 2.45) is 0 Å². The van der Waals surface area contributed by atoms with E-state index in [1.54, 1.807) is 12.4 Å². The third-order valence-electron chi connectivity index (χ3n) is 4.95. The topological polar surface area (TPSA) is 58.1 Å². The smallest absolute Gasteiger partial charge is 0.274 e. The molecule has 1 atom stereocenters. The van der Waals surface area contributed by atoms with Crippen molar-refractivity contribution in [3.05, 3.63) is 89.4 Å². The van der Waals surface area contributed by atoms with E-state index in [0.29, 0.717) is 24.6 Å². The number of nitrogens with one attached hydrogen (secondary N) is 1. The lowest BCUT2D eigenvalue weighted by Gasteiger charge is -2.28. The summed E-state index contributed by atoms with van der Waals surface area (Å²) in [4.78, 5) is 23.3. The SMILES string of the molecule is CC(Nc1cnc(C(=O)N2CCc3ccccc3C2)cn1)c1ccccc1. The van der Waals surface area contributed by atoms with E-state index in [9.17, 15) is 4.79 Å². The summed E-state index contributed by atoms with van der Waals surface area (Å²) in [5, 5.41) is 3.32. The Kier molecular flexibility index (Phi) is 4.83. The van der Waals surface area contributed by atoms with E-state index in [1.165, 1.54) is 16.7 Å². The van der Waals surface area contributed by atoms with E-state index in [-0.39, 0.29) is 11.9 Å². The maximum atomic E-state index is 12.8. The van der Waals surface area contributed by atoms with Crippen molar-refractivity contribution >= 4 is 11.7 Å². The third-order valence-corrected chi connectivity index (χ3v) is 4.95. The molecule has 0 spiro atoms. The number of amides is 1. The minimum Gasteiger partial charge on any atom is -0.362 e. The number of benzene rings is 2. The van der Waals surface area contributed by atoms with Crippen LogP contribution in [0.1, 0.15) is 40.1 Å². The number of carbonyl (C=O) groups excluding carboxylic acids is 1. The molecular weight excluding hydrogens is 336 g/mol. The van der Waals surface area contributed by atoms with Crippen LogP contribution < -0.4 is 5.32 Å². The van der Waals surface area contributed by atoms with E-state index in [4.69, 9.17) is 0 Å². The summed E-state index contributed by atoms with van der Waals surface area (Å²) >= 11 is 0. The van der Waals surface area contributed by atoms with Crippen molar-refractivity contribution in [2.75, 3.05) is 11.9 Å². The molecule has 1 aliphatic rings. The van der Waals surface area contributed by atoms with Gasteiger partial charge in [-0.25, -0.2) is 9.97 Å². The molecule has 2 aromatic carbocycles. The van der Waals surface area contributed by atoms with Gasteiger partial charge in [0.25, 0.3) is 5.91 Å². The van der Waals surface area contributed by atoms with E-state index in [0.717, 1.165) is 6.42 Å². The lowest BCUT2D eigenvalue weighted by atomic mass is 10.00. The van der Waals surface area contributed by atoms with Gasteiger partial charge >= 0.3 is 0 Å². The summed E-state index contributed by atoms with van der Waals surface area (Å²) in [5.41, 5.74) is 4.08. The second-order valence-corrected chi connectivity index (χ2v) is 6.81. The van der Waals surface area contributed by atoms with Gasteiger partial charge < -0.3 is 10.2 Å². The minimum atomic E-state index is -0.0698. The van der Waals surface area contributed by atoms with Gasteiger partial charge in [0.15, 0.2) is 0 Å². The summed E-state index contributed by atoms with van der Waals surface area (Å²) in [6, 6.07) is 18.5. The summed E-state index contributed by atoms with van der Waals surface area (Å²) < 4.78 is 0. The van der Waals surface area contributed by atoms with Crippen LogP contribution in [0.25, 0.3) is 0 Å². The second-order valence-electron chi connectivity index (χ2n) is 6.81. The number of hydrogen-bond donors (Lipinski definition) is 1. The Labute approximate surface area is 159 Å². The zero-order valence-corrected chi connectivity index (χ0v) is 15.3. The fourth-order valence-corrected chi connectivity index (χ4v) is 3.39. The normalized spacial score (nSPS) is 14.3. The molecule has 0 saturated carbocycles. The molecule has 1 aromatic heterocycles. The molecule has 0 bridgehead atoms. The quantitative estimate of drug-likeness (QED) is 0.770. The van der Waals surface area contributed by atoms with E-state index in [2.05, 4.69) is 46.5 Å². The molecule has 2 heterocycles. The molecule has 4 rings (SSSR count). The highest BCUT2D eigenvalue weighted by atomic mass is 16.2. The van der Waals surface area contributed by atoms with E-state index >= 15 is 0 Å². The van der Waals surface area contributed by atoms with Crippen molar-refractivity contribution in [1.29, 1.82) is 0 Å². The maximum Gasteiger partial charge on any atom is 0.274 e. The molecule has 27 heavy (non-hydrogen) atoms. The highest BCUT2D eigenvalue weighted by molar-refractivity contribution is 5.92. The standard InChI is InChI=1S/C22H22N4O/c1-16(17-7-3-2-4-8-17)25-21-14-23-20(13-24-21)22(27)26-12-11-18-9-5-6-10-19(18)15-26/h2-10,13-14,16H,11-12,15H2,1H3,(H,24,25). The van der Waals surface area contributed by atoms with E-state index < -0.39 is 0 Å². The third kappa shape index (κ3) is 3.82. The Balaban J connectivity index is 1.42. The van der Waals surface area contributed by atoms with Gasteiger partial charge in [0.1, 0.15) is 11.5 Å². The molecule has 0 aliphatic carbocycles. The van der Waals surface area contributed by atoms with Crippen molar-refractivity contribution in [1.82, 2.24) is 14.9 Å². The fraction of sp³-hybridized carbons (Fsp3) is 0.227. The van der Waals surface area contributed by atoms with Gasteiger partial charge in [-0.05, 0) is 30.0 Å². The van der Waals surface area contributed by atoms with Crippen LogP contribution in [0.15, 0.2) is 67.0 Å². The number of carbonyl (C=O) groups is 1. The van der Waals surface area contributed by atoms with Gasteiger partial charge in [-0.2, -0.15) is 0 Å². The zero-order valence-electron chi connectivity index (χ0n) is 15.3. The number of anilines is 1. The molecule has 3 aromatic rings. The Morgan fingerprint density at radius 1 is 1.00 bits per heavy atom. The molecule has 5 heteroatoms. The lowest BCUT2D eigenvalue weighted by Crippen LogP contribution is -2.36. The Morgan fingerprint density at radius 3 is 2.48 bits per heavy atom. The predicted octanol–water partition coefficient (Wildman–Crippen LogP) is 3.85.